The molecule has 0 radical (unpaired) electrons. The topological polar surface area (TPSA) is 61.4 Å². The molecule has 0 rings (SSSR count). The van der Waals surface area contributed by atoms with Crippen molar-refractivity contribution in [1.29, 1.82) is 0 Å². The molecule has 0 spiro atoms. The number of carbonyl (C=O) groups excluding carboxylic acids is 2. The van der Waals surface area contributed by atoms with Crippen molar-refractivity contribution in [3.8, 4) is 0 Å². The van der Waals surface area contributed by atoms with E-state index >= 15 is 0 Å². The molecule has 0 aromatic rings. The maximum Gasteiger partial charge on any atom is 0.221 e. The van der Waals surface area contributed by atoms with Gasteiger partial charge in [-0.3, -0.25) is 9.59 Å². The average Bonchev–Trinajstić information content (AvgIpc) is 2.29. The molecular formula is C12H25N3O2. The molecule has 5 nitrogen and oxygen atoms in total. The molecule has 0 unspecified atom stereocenters. The second-order valence-electron chi connectivity index (χ2n) is 4.24. The van der Waals surface area contributed by atoms with Crippen LogP contribution in [-0.4, -0.2) is 49.9 Å². The third-order valence-corrected chi connectivity index (χ3v) is 2.44. The normalized spacial score (nSPS) is 10.4. The Morgan fingerprint density at radius 2 is 1.76 bits per heavy atom. The van der Waals surface area contributed by atoms with Gasteiger partial charge in [0.2, 0.25) is 11.8 Å². The van der Waals surface area contributed by atoms with E-state index < -0.39 is 0 Å². The van der Waals surface area contributed by atoms with E-state index in [0.29, 0.717) is 19.5 Å². The van der Waals surface area contributed by atoms with Crippen LogP contribution in [0.25, 0.3) is 0 Å². The summed E-state index contributed by atoms with van der Waals surface area (Å²) in [5.41, 5.74) is 0. The molecule has 17 heavy (non-hydrogen) atoms. The first-order chi connectivity index (χ1) is 8.06. The zero-order valence-electron chi connectivity index (χ0n) is 11.2. The van der Waals surface area contributed by atoms with Crippen molar-refractivity contribution in [3.05, 3.63) is 0 Å². The highest BCUT2D eigenvalue weighted by molar-refractivity contribution is 5.76. The lowest BCUT2D eigenvalue weighted by Gasteiger charge is -2.15. The first kappa shape index (κ1) is 15.9. The van der Waals surface area contributed by atoms with Gasteiger partial charge in [-0.1, -0.05) is 13.3 Å². The minimum atomic E-state index is -0.0708. The summed E-state index contributed by atoms with van der Waals surface area (Å²) in [4.78, 5) is 24.2. The Bertz CT molecular complexity index is 232. The van der Waals surface area contributed by atoms with Gasteiger partial charge in [-0.2, -0.15) is 0 Å². The van der Waals surface area contributed by atoms with E-state index in [2.05, 4.69) is 22.5 Å². The molecule has 0 aromatic heterocycles. The zero-order chi connectivity index (χ0) is 13.1. The number of nitrogens with zero attached hydrogens (tertiary/aromatic N) is 1. The largest absolute Gasteiger partial charge is 0.355 e. The lowest BCUT2D eigenvalue weighted by Crippen LogP contribution is -2.35. The summed E-state index contributed by atoms with van der Waals surface area (Å²) in [5, 5.41) is 5.40. The SMILES string of the molecule is CCCCN(C)CCC(=O)NCCNC(C)=O. The van der Waals surface area contributed by atoms with Crippen molar-refractivity contribution in [2.75, 3.05) is 33.2 Å². The highest BCUT2D eigenvalue weighted by atomic mass is 16.2. The first-order valence-corrected chi connectivity index (χ1v) is 6.26. The van der Waals surface area contributed by atoms with Gasteiger partial charge in [-0.05, 0) is 20.0 Å². The molecule has 0 aliphatic heterocycles. The second-order valence-corrected chi connectivity index (χ2v) is 4.24. The smallest absolute Gasteiger partial charge is 0.221 e. The molecule has 100 valence electrons. The predicted octanol–water partition coefficient (Wildman–Crippen LogP) is 0.361. The number of nitrogens with one attached hydrogen (secondary N) is 2. The van der Waals surface area contributed by atoms with E-state index in [1.807, 2.05) is 7.05 Å². The summed E-state index contributed by atoms with van der Waals surface area (Å²) in [6.07, 6.45) is 2.86. The fraction of sp³-hybridized carbons (Fsp3) is 0.833. The number of hydrogen-bond donors (Lipinski definition) is 2. The van der Waals surface area contributed by atoms with E-state index in [0.717, 1.165) is 13.1 Å². The molecule has 0 saturated carbocycles. The summed E-state index contributed by atoms with van der Waals surface area (Å²) in [7, 11) is 2.03. The molecule has 5 heteroatoms. The van der Waals surface area contributed by atoms with Crippen molar-refractivity contribution < 1.29 is 9.59 Å². The second kappa shape index (κ2) is 10.1. The first-order valence-electron chi connectivity index (χ1n) is 6.26. The fourth-order valence-corrected chi connectivity index (χ4v) is 1.36. The number of hydrogen-bond acceptors (Lipinski definition) is 3. The number of rotatable bonds is 9. The molecule has 2 amide bonds. The van der Waals surface area contributed by atoms with Crippen molar-refractivity contribution in [2.45, 2.75) is 33.1 Å². The van der Waals surface area contributed by atoms with Crippen LogP contribution in [0.5, 0.6) is 0 Å². The minimum absolute atomic E-state index is 0.0405. The van der Waals surface area contributed by atoms with Crippen LogP contribution in [0.4, 0.5) is 0 Å². The summed E-state index contributed by atoms with van der Waals surface area (Å²) >= 11 is 0. The van der Waals surface area contributed by atoms with Crippen LogP contribution in [0, 0.1) is 0 Å². The van der Waals surface area contributed by atoms with Crippen LogP contribution in [-0.2, 0) is 9.59 Å². The maximum absolute atomic E-state index is 11.4. The zero-order valence-corrected chi connectivity index (χ0v) is 11.2. The molecule has 0 aromatic carbocycles. The molecular weight excluding hydrogens is 218 g/mol. The van der Waals surface area contributed by atoms with E-state index in [1.165, 1.54) is 19.8 Å². The van der Waals surface area contributed by atoms with Gasteiger partial charge in [-0.25, -0.2) is 0 Å². The van der Waals surface area contributed by atoms with E-state index in [9.17, 15) is 9.59 Å². The van der Waals surface area contributed by atoms with Crippen LogP contribution in [0.1, 0.15) is 33.1 Å². The summed E-state index contributed by atoms with van der Waals surface area (Å²) < 4.78 is 0. The Kier molecular flexibility index (Phi) is 9.43. The monoisotopic (exact) mass is 243 g/mol. The molecule has 0 aliphatic rings. The van der Waals surface area contributed by atoms with Crippen LogP contribution in [0.2, 0.25) is 0 Å². The fourth-order valence-electron chi connectivity index (χ4n) is 1.36. The molecule has 2 N–H and O–H groups in total. The van der Waals surface area contributed by atoms with Gasteiger partial charge in [0.05, 0.1) is 0 Å². The highest BCUT2D eigenvalue weighted by Crippen LogP contribution is 1.93. The van der Waals surface area contributed by atoms with E-state index in [1.54, 1.807) is 0 Å². The Morgan fingerprint density at radius 3 is 2.35 bits per heavy atom. The third-order valence-electron chi connectivity index (χ3n) is 2.44. The van der Waals surface area contributed by atoms with Gasteiger partial charge >= 0.3 is 0 Å². The quantitative estimate of drug-likeness (QED) is 0.575. The van der Waals surface area contributed by atoms with Gasteiger partial charge in [0.1, 0.15) is 0 Å². The number of unbranched alkanes of at least 4 members (excludes halogenated alkanes) is 1. The van der Waals surface area contributed by atoms with Crippen LogP contribution >= 0.6 is 0 Å². The maximum atomic E-state index is 11.4. The van der Waals surface area contributed by atoms with Gasteiger partial charge < -0.3 is 15.5 Å². The van der Waals surface area contributed by atoms with Crippen LogP contribution in [0.15, 0.2) is 0 Å². The van der Waals surface area contributed by atoms with Crippen LogP contribution < -0.4 is 10.6 Å². The Balaban J connectivity index is 3.42. The third kappa shape index (κ3) is 11.2. The van der Waals surface area contributed by atoms with Gasteiger partial charge in [0.15, 0.2) is 0 Å². The molecule has 0 aliphatic carbocycles. The van der Waals surface area contributed by atoms with Gasteiger partial charge in [0, 0.05) is 33.0 Å². The molecule has 0 fully saturated rings. The van der Waals surface area contributed by atoms with Gasteiger partial charge in [0.25, 0.3) is 0 Å². The predicted molar refractivity (Wildman–Crippen MR) is 68.7 cm³/mol. The standard InChI is InChI=1S/C12H25N3O2/c1-4-5-9-15(3)10-6-12(17)14-8-7-13-11(2)16/h4-10H2,1-3H3,(H,13,16)(H,14,17). The van der Waals surface area contributed by atoms with E-state index in [4.69, 9.17) is 0 Å². The summed E-state index contributed by atoms with van der Waals surface area (Å²) in [5.74, 6) is -0.0303. The van der Waals surface area contributed by atoms with Crippen molar-refractivity contribution in [1.82, 2.24) is 15.5 Å². The van der Waals surface area contributed by atoms with Crippen LogP contribution in [0.3, 0.4) is 0 Å². The molecule has 0 saturated heterocycles. The highest BCUT2D eigenvalue weighted by Gasteiger charge is 2.03. The van der Waals surface area contributed by atoms with Crippen molar-refractivity contribution in [3.63, 3.8) is 0 Å². The molecule has 0 heterocycles. The van der Waals surface area contributed by atoms with Crippen molar-refractivity contribution in [2.24, 2.45) is 0 Å². The lowest BCUT2D eigenvalue weighted by atomic mass is 10.3. The number of amides is 2. The van der Waals surface area contributed by atoms with E-state index in [-0.39, 0.29) is 11.8 Å². The minimum Gasteiger partial charge on any atom is -0.355 e. The van der Waals surface area contributed by atoms with Gasteiger partial charge in [-0.15, -0.1) is 0 Å². The lowest BCUT2D eigenvalue weighted by molar-refractivity contribution is -0.122. The summed E-state index contributed by atoms with van der Waals surface area (Å²) in [6, 6.07) is 0. The molecule has 0 bridgehead atoms. The molecule has 0 atom stereocenters. The Morgan fingerprint density at radius 1 is 1.12 bits per heavy atom. The average molecular weight is 243 g/mol. The Hall–Kier alpha value is -1.10. The van der Waals surface area contributed by atoms with Crippen molar-refractivity contribution >= 4 is 11.8 Å². The summed E-state index contributed by atoms with van der Waals surface area (Å²) in [6.45, 7) is 6.43. The Labute approximate surface area is 104 Å². The number of carbonyl (C=O) groups is 2.